The Balaban J connectivity index is 2.07. The Bertz CT molecular complexity index is 613. The first-order valence-electron chi connectivity index (χ1n) is 7.27. The lowest BCUT2D eigenvalue weighted by Gasteiger charge is -2.14. The van der Waals surface area contributed by atoms with Crippen molar-refractivity contribution in [3.05, 3.63) is 39.4 Å². The van der Waals surface area contributed by atoms with Gasteiger partial charge in [-0.15, -0.1) is 11.3 Å². The minimum absolute atomic E-state index is 0.108. The smallest absolute Gasteiger partial charge is 0.125 e. The summed E-state index contributed by atoms with van der Waals surface area (Å²) in [5, 5.41) is 4.72. The summed E-state index contributed by atoms with van der Waals surface area (Å²) >= 11 is 1.81. The molecule has 0 saturated heterocycles. The number of hydrogen-bond acceptors (Lipinski definition) is 5. The Kier molecular flexibility index (Phi) is 4.74. The highest BCUT2D eigenvalue weighted by molar-refractivity contribution is 7.12. The zero-order chi connectivity index (χ0) is 15.6. The molecule has 2 aromatic rings. The van der Waals surface area contributed by atoms with Crippen molar-refractivity contribution in [3.8, 4) is 0 Å². The zero-order valence-corrected chi connectivity index (χ0v) is 14.5. The van der Waals surface area contributed by atoms with Crippen molar-refractivity contribution in [2.45, 2.75) is 59.5 Å². The first-order chi connectivity index (χ1) is 9.77. The van der Waals surface area contributed by atoms with E-state index in [1.807, 2.05) is 13.0 Å². The predicted octanol–water partition coefficient (Wildman–Crippen LogP) is 3.70. The van der Waals surface area contributed by atoms with Crippen molar-refractivity contribution < 1.29 is 0 Å². The molecule has 0 fully saturated rings. The number of nitrogens with zero attached hydrogens (tertiary/aromatic N) is 3. The van der Waals surface area contributed by atoms with Crippen LogP contribution >= 0.6 is 11.3 Å². The summed E-state index contributed by atoms with van der Waals surface area (Å²) in [6.07, 6.45) is 1.81. The molecule has 2 aromatic heterocycles. The zero-order valence-electron chi connectivity index (χ0n) is 13.7. The van der Waals surface area contributed by atoms with Gasteiger partial charge in [0, 0.05) is 29.1 Å². The normalized spacial score (nSPS) is 13.4. The average Bonchev–Trinajstić information content (AvgIpc) is 2.78. The van der Waals surface area contributed by atoms with E-state index < -0.39 is 0 Å². The van der Waals surface area contributed by atoms with E-state index in [0.29, 0.717) is 0 Å². The molecule has 0 aliphatic carbocycles. The van der Waals surface area contributed by atoms with Gasteiger partial charge in [0.25, 0.3) is 0 Å². The molecule has 2 heterocycles. The van der Waals surface area contributed by atoms with Gasteiger partial charge in [0.1, 0.15) is 5.82 Å². The summed E-state index contributed by atoms with van der Waals surface area (Å²) < 4.78 is 0. The monoisotopic (exact) mass is 304 g/mol. The van der Waals surface area contributed by atoms with Gasteiger partial charge >= 0.3 is 0 Å². The molecule has 114 valence electrons. The summed E-state index contributed by atoms with van der Waals surface area (Å²) in [7, 11) is 0. The van der Waals surface area contributed by atoms with Crippen LogP contribution in [0.3, 0.4) is 0 Å². The molecule has 0 aliphatic heterocycles. The van der Waals surface area contributed by atoms with Crippen LogP contribution in [0, 0.1) is 13.8 Å². The minimum atomic E-state index is 0.108. The molecule has 1 unspecified atom stereocenters. The van der Waals surface area contributed by atoms with Crippen LogP contribution in [-0.2, 0) is 12.0 Å². The quantitative estimate of drug-likeness (QED) is 0.935. The third kappa shape index (κ3) is 4.08. The Morgan fingerprint density at radius 1 is 1.24 bits per heavy atom. The number of aryl methyl sites for hydroxylation is 2. The summed E-state index contributed by atoms with van der Waals surface area (Å²) in [5.41, 5.74) is 2.26. The fraction of sp³-hybridized carbons (Fsp3) is 0.562. The number of hydrogen-bond donors (Lipinski definition) is 1. The molecular weight excluding hydrogens is 280 g/mol. The van der Waals surface area contributed by atoms with Gasteiger partial charge < -0.3 is 5.32 Å². The molecule has 21 heavy (non-hydrogen) atoms. The van der Waals surface area contributed by atoms with E-state index in [2.05, 4.69) is 49.9 Å². The van der Waals surface area contributed by atoms with E-state index in [1.165, 1.54) is 9.88 Å². The van der Waals surface area contributed by atoms with E-state index in [9.17, 15) is 0 Å². The predicted molar refractivity (Wildman–Crippen MR) is 87.6 cm³/mol. The molecule has 2 rings (SSSR count). The molecule has 0 aromatic carbocycles. The standard InChI is InChI=1S/C16H24N4S/c1-10(18-9-13-7-8-17-12(3)20-13)14-11(2)19-15(21-14)16(4,5)6/h7-8,10,18H,9H2,1-6H3. The third-order valence-electron chi connectivity index (χ3n) is 3.29. The molecule has 1 atom stereocenters. The van der Waals surface area contributed by atoms with Crippen LogP contribution in [0.5, 0.6) is 0 Å². The minimum Gasteiger partial charge on any atom is -0.304 e. The topological polar surface area (TPSA) is 50.7 Å². The molecule has 0 amide bonds. The molecule has 0 spiro atoms. The maximum Gasteiger partial charge on any atom is 0.125 e. The maximum absolute atomic E-state index is 4.72. The highest BCUT2D eigenvalue weighted by Gasteiger charge is 2.22. The van der Waals surface area contributed by atoms with E-state index in [0.717, 1.165) is 23.8 Å². The second-order valence-electron chi connectivity index (χ2n) is 6.42. The van der Waals surface area contributed by atoms with Crippen molar-refractivity contribution in [1.29, 1.82) is 0 Å². The second kappa shape index (κ2) is 6.20. The Labute approximate surface area is 131 Å². The van der Waals surface area contributed by atoms with Crippen LogP contribution in [0.25, 0.3) is 0 Å². The van der Waals surface area contributed by atoms with Gasteiger partial charge in [-0.25, -0.2) is 15.0 Å². The average molecular weight is 304 g/mol. The summed E-state index contributed by atoms with van der Waals surface area (Å²) in [6, 6.07) is 2.22. The number of nitrogens with one attached hydrogen (secondary N) is 1. The highest BCUT2D eigenvalue weighted by atomic mass is 32.1. The van der Waals surface area contributed by atoms with Gasteiger partial charge in [0.15, 0.2) is 0 Å². The van der Waals surface area contributed by atoms with Gasteiger partial charge in [0.2, 0.25) is 0 Å². The summed E-state index contributed by atoms with van der Waals surface area (Å²) in [5.74, 6) is 0.811. The fourth-order valence-corrected chi connectivity index (χ4v) is 3.24. The Morgan fingerprint density at radius 2 is 1.95 bits per heavy atom. The third-order valence-corrected chi connectivity index (χ3v) is 5.06. The van der Waals surface area contributed by atoms with Crippen LogP contribution in [0.4, 0.5) is 0 Å². The molecule has 0 radical (unpaired) electrons. The Hall–Kier alpha value is -1.33. The molecule has 5 heteroatoms. The van der Waals surface area contributed by atoms with Crippen LogP contribution in [0.15, 0.2) is 12.3 Å². The largest absolute Gasteiger partial charge is 0.304 e. The molecule has 0 bridgehead atoms. The second-order valence-corrected chi connectivity index (χ2v) is 7.45. The molecule has 0 aliphatic rings. The molecule has 4 nitrogen and oxygen atoms in total. The maximum atomic E-state index is 4.72. The van der Waals surface area contributed by atoms with Crippen molar-refractivity contribution >= 4 is 11.3 Å². The van der Waals surface area contributed by atoms with Gasteiger partial charge in [-0.3, -0.25) is 0 Å². The molecular formula is C16H24N4S. The fourth-order valence-electron chi connectivity index (χ4n) is 2.08. The highest BCUT2D eigenvalue weighted by Crippen LogP contribution is 2.32. The lowest BCUT2D eigenvalue weighted by atomic mass is 9.98. The van der Waals surface area contributed by atoms with Gasteiger partial charge in [-0.05, 0) is 26.8 Å². The number of aromatic nitrogens is 3. The van der Waals surface area contributed by atoms with E-state index in [1.54, 1.807) is 17.5 Å². The van der Waals surface area contributed by atoms with E-state index >= 15 is 0 Å². The van der Waals surface area contributed by atoms with Gasteiger partial charge in [0.05, 0.1) is 16.4 Å². The molecule has 0 saturated carbocycles. The van der Waals surface area contributed by atoms with Crippen molar-refractivity contribution in [1.82, 2.24) is 20.3 Å². The SMILES string of the molecule is Cc1nccc(CNC(C)c2sc(C(C)(C)C)nc2C)n1. The lowest BCUT2D eigenvalue weighted by Crippen LogP contribution is -2.18. The first kappa shape index (κ1) is 16.0. The number of thiazole rings is 1. The van der Waals surface area contributed by atoms with Crippen LogP contribution in [-0.4, -0.2) is 15.0 Å². The van der Waals surface area contributed by atoms with E-state index in [-0.39, 0.29) is 11.5 Å². The van der Waals surface area contributed by atoms with Crippen molar-refractivity contribution in [3.63, 3.8) is 0 Å². The summed E-state index contributed by atoms with van der Waals surface area (Å²) in [4.78, 5) is 14.6. The Morgan fingerprint density at radius 3 is 2.52 bits per heavy atom. The van der Waals surface area contributed by atoms with Gasteiger partial charge in [-0.1, -0.05) is 20.8 Å². The summed E-state index contributed by atoms with van der Waals surface area (Å²) in [6.45, 7) is 13.5. The first-order valence-corrected chi connectivity index (χ1v) is 8.08. The molecule has 1 N–H and O–H groups in total. The van der Waals surface area contributed by atoms with E-state index in [4.69, 9.17) is 4.98 Å². The van der Waals surface area contributed by atoms with Crippen molar-refractivity contribution in [2.24, 2.45) is 0 Å². The van der Waals surface area contributed by atoms with Crippen LogP contribution < -0.4 is 5.32 Å². The van der Waals surface area contributed by atoms with Crippen LogP contribution in [0.1, 0.15) is 60.8 Å². The van der Waals surface area contributed by atoms with Crippen molar-refractivity contribution in [2.75, 3.05) is 0 Å². The number of rotatable bonds is 4. The van der Waals surface area contributed by atoms with Crippen LogP contribution in [0.2, 0.25) is 0 Å². The lowest BCUT2D eigenvalue weighted by molar-refractivity contribution is 0.569. The van der Waals surface area contributed by atoms with Gasteiger partial charge in [-0.2, -0.15) is 0 Å².